The zero-order valence-electron chi connectivity index (χ0n) is 19.7. The molecule has 0 amide bonds. The molecule has 0 saturated carbocycles. The molecule has 0 fully saturated rings. The summed E-state index contributed by atoms with van der Waals surface area (Å²) in [4.78, 5) is 0. The van der Waals surface area contributed by atoms with E-state index in [1.807, 2.05) is 6.07 Å². The van der Waals surface area contributed by atoms with Crippen LogP contribution in [0.3, 0.4) is 0 Å². The minimum atomic E-state index is -0.0567. The third-order valence-electron chi connectivity index (χ3n) is 7.63. The van der Waals surface area contributed by atoms with Crippen LogP contribution in [0.25, 0.3) is 49.7 Å². The van der Waals surface area contributed by atoms with Crippen LogP contribution in [0.1, 0.15) is 25.0 Å². The minimum absolute atomic E-state index is 0.0567. The van der Waals surface area contributed by atoms with E-state index in [9.17, 15) is 0 Å². The van der Waals surface area contributed by atoms with Crippen molar-refractivity contribution in [3.63, 3.8) is 0 Å². The van der Waals surface area contributed by atoms with E-state index in [4.69, 9.17) is 11.6 Å². The number of hydrogen-bond acceptors (Lipinski definition) is 0. The van der Waals surface area contributed by atoms with Crippen molar-refractivity contribution in [2.45, 2.75) is 19.3 Å². The lowest BCUT2D eigenvalue weighted by atomic mass is 9.79. The lowest BCUT2D eigenvalue weighted by molar-refractivity contribution is 0.662. The molecule has 168 valence electrons. The van der Waals surface area contributed by atoms with Crippen LogP contribution in [-0.2, 0) is 5.41 Å². The second-order valence-corrected chi connectivity index (χ2v) is 10.4. The molecule has 0 aliphatic heterocycles. The summed E-state index contributed by atoms with van der Waals surface area (Å²) in [5.74, 6) is 0. The summed E-state index contributed by atoms with van der Waals surface area (Å²) in [5, 5.41) is 3.15. The number of aromatic nitrogens is 1. The summed E-state index contributed by atoms with van der Waals surface area (Å²) in [7, 11) is 0. The van der Waals surface area contributed by atoms with Gasteiger partial charge in [-0.1, -0.05) is 92.2 Å². The quantitative estimate of drug-likeness (QED) is 0.238. The van der Waals surface area contributed by atoms with Gasteiger partial charge >= 0.3 is 0 Å². The van der Waals surface area contributed by atoms with E-state index < -0.39 is 0 Å². The number of para-hydroxylation sites is 1. The molecule has 0 radical (unpaired) electrons. The molecule has 0 saturated heterocycles. The Hall–Kier alpha value is -3.81. The normalized spacial score (nSPS) is 13.8. The minimum Gasteiger partial charge on any atom is -0.309 e. The van der Waals surface area contributed by atoms with E-state index in [-0.39, 0.29) is 5.41 Å². The lowest BCUT2D eigenvalue weighted by Crippen LogP contribution is -2.16. The van der Waals surface area contributed by atoms with Gasteiger partial charge in [-0.3, -0.25) is 0 Å². The monoisotopic (exact) mass is 469 g/mol. The summed E-state index contributed by atoms with van der Waals surface area (Å²) in [6, 6.07) is 39.2. The van der Waals surface area contributed by atoms with Gasteiger partial charge < -0.3 is 4.57 Å². The largest absolute Gasteiger partial charge is 0.309 e. The van der Waals surface area contributed by atoms with E-state index in [1.165, 1.54) is 55.2 Å². The highest BCUT2D eigenvalue weighted by Crippen LogP contribution is 2.52. The number of fused-ring (bicyclic) bond motifs is 6. The van der Waals surface area contributed by atoms with Gasteiger partial charge in [0.15, 0.2) is 0 Å². The molecule has 0 atom stereocenters. The van der Waals surface area contributed by atoms with Crippen LogP contribution in [-0.4, -0.2) is 4.57 Å². The molecule has 1 heterocycles. The highest BCUT2D eigenvalue weighted by Gasteiger charge is 2.37. The first kappa shape index (κ1) is 20.6. The van der Waals surface area contributed by atoms with Gasteiger partial charge in [0.05, 0.1) is 11.0 Å². The number of benzene rings is 5. The maximum atomic E-state index is 6.49. The summed E-state index contributed by atoms with van der Waals surface area (Å²) in [5.41, 5.74) is 11.5. The fraction of sp³-hybridized carbons (Fsp3) is 0.0909. The zero-order valence-corrected chi connectivity index (χ0v) is 20.5. The van der Waals surface area contributed by atoms with Crippen molar-refractivity contribution in [3.05, 3.63) is 125 Å². The topological polar surface area (TPSA) is 4.93 Å². The molecule has 6 aromatic rings. The Morgan fingerprint density at radius 3 is 2.09 bits per heavy atom. The molecule has 35 heavy (non-hydrogen) atoms. The predicted molar refractivity (Wildman–Crippen MR) is 149 cm³/mol. The number of rotatable bonds is 2. The highest BCUT2D eigenvalue weighted by atomic mass is 35.5. The molecule has 2 heteroatoms. The van der Waals surface area contributed by atoms with Crippen molar-refractivity contribution in [1.29, 1.82) is 0 Å². The fourth-order valence-corrected chi connectivity index (χ4v) is 6.28. The Balaban J connectivity index is 1.52. The Bertz CT molecular complexity index is 1770. The van der Waals surface area contributed by atoms with E-state index >= 15 is 0 Å². The summed E-state index contributed by atoms with van der Waals surface area (Å²) in [6.07, 6.45) is 0. The molecule has 0 unspecified atom stereocenters. The molecule has 0 bridgehead atoms. The molecule has 1 aromatic heterocycles. The van der Waals surface area contributed by atoms with Crippen molar-refractivity contribution >= 4 is 33.4 Å². The Labute approximate surface area is 210 Å². The van der Waals surface area contributed by atoms with Gasteiger partial charge in [-0.15, -0.1) is 0 Å². The molecule has 1 aliphatic carbocycles. The van der Waals surface area contributed by atoms with Crippen LogP contribution in [0.15, 0.2) is 109 Å². The second-order valence-electron chi connectivity index (χ2n) is 9.96. The van der Waals surface area contributed by atoms with Crippen LogP contribution >= 0.6 is 11.6 Å². The number of hydrogen-bond donors (Lipinski definition) is 0. The molecule has 5 aromatic carbocycles. The van der Waals surface area contributed by atoms with Gasteiger partial charge in [-0.05, 0) is 75.8 Å². The molecular formula is C33H24ClN. The number of nitrogens with zero attached hydrogens (tertiary/aromatic N) is 1. The fourth-order valence-electron chi connectivity index (χ4n) is 6.11. The van der Waals surface area contributed by atoms with Gasteiger partial charge in [-0.25, -0.2) is 0 Å². The third kappa shape index (κ3) is 2.89. The van der Waals surface area contributed by atoms with Gasteiger partial charge in [0.2, 0.25) is 0 Å². The summed E-state index contributed by atoms with van der Waals surface area (Å²) in [6.45, 7) is 4.70. The average molecular weight is 470 g/mol. The summed E-state index contributed by atoms with van der Waals surface area (Å²) < 4.78 is 2.33. The smallest absolute Gasteiger partial charge is 0.0542 e. The molecule has 7 rings (SSSR count). The third-order valence-corrected chi connectivity index (χ3v) is 7.87. The van der Waals surface area contributed by atoms with Crippen LogP contribution in [0.2, 0.25) is 5.02 Å². The Morgan fingerprint density at radius 2 is 1.26 bits per heavy atom. The zero-order chi connectivity index (χ0) is 23.7. The molecule has 0 N–H and O–H groups in total. The number of halogens is 1. The maximum Gasteiger partial charge on any atom is 0.0542 e. The van der Waals surface area contributed by atoms with Crippen molar-refractivity contribution < 1.29 is 0 Å². The van der Waals surface area contributed by atoms with Crippen molar-refractivity contribution in [3.8, 4) is 27.9 Å². The van der Waals surface area contributed by atoms with E-state index in [0.717, 1.165) is 10.7 Å². The van der Waals surface area contributed by atoms with Gasteiger partial charge in [0.1, 0.15) is 0 Å². The Kier molecular flexibility index (Phi) is 4.31. The van der Waals surface area contributed by atoms with Crippen molar-refractivity contribution in [2.75, 3.05) is 0 Å². The van der Waals surface area contributed by atoms with Crippen LogP contribution in [0.4, 0.5) is 0 Å². The predicted octanol–water partition coefficient (Wildman–Crippen LogP) is 9.41. The van der Waals surface area contributed by atoms with Gasteiger partial charge in [0, 0.05) is 26.9 Å². The van der Waals surface area contributed by atoms with E-state index in [1.54, 1.807) is 0 Å². The second kappa shape index (κ2) is 7.34. The van der Waals surface area contributed by atoms with Crippen molar-refractivity contribution in [2.24, 2.45) is 0 Å². The van der Waals surface area contributed by atoms with Crippen molar-refractivity contribution in [1.82, 2.24) is 4.57 Å². The van der Waals surface area contributed by atoms with Crippen LogP contribution in [0.5, 0.6) is 0 Å². The maximum absolute atomic E-state index is 6.49. The molecule has 0 spiro atoms. The average Bonchev–Trinajstić information content (AvgIpc) is 3.33. The van der Waals surface area contributed by atoms with Gasteiger partial charge in [-0.2, -0.15) is 0 Å². The van der Waals surface area contributed by atoms with Crippen LogP contribution in [0, 0.1) is 0 Å². The molecule has 1 aliphatic rings. The SMILES string of the molecule is CC1(C)c2ccccc2-c2cccc(-c3ccc4c(c3)c3cc(Cl)ccc3n4-c3ccccc3)c21. The molecular weight excluding hydrogens is 446 g/mol. The first-order valence-corrected chi connectivity index (χ1v) is 12.4. The summed E-state index contributed by atoms with van der Waals surface area (Å²) >= 11 is 6.49. The molecule has 1 nitrogen and oxygen atoms in total. The van der Waals surface area contributed by atoms with Gasteiger partial charge in [0.25, 0.3) is 0 Å². The standard InChI is InChI=1S/C33H24ClN/c1-33(2)29-14-7-6-11-25(29)26-13-8-12-24(32(26)33)21-15-17-30-27(19-21)28-20-22(34)16-18-31(28)35(30)23-9-4-3-5-10-23/h3-20H,1-2H3. The highest BCUT2D eigenvalue weighted by molar-refractivity contribution is 6.32. The van der Waals surface area contributed by atoms with E-state index in [2.05, 4.69) is 122 Å². The first-order chi connectivity index (χ1) is 17.0. The van der Waals surface area contributed by atoms with Crippen LogP contribution < -0.4 is 0 Å². The Morgan fingerprint density at radius 1 is 0.600 bits per heavy atom. The lowest BCUT2D eigenvalue weighted by Gasteiger charge is -2.24. The van der Waals surface area contributed by atoms with E-state index in [0.29, 0.717) is 0 Å². The first-order valence-electron chi connectivity index (χ1n) is 12.1.